The zero-order valence-electron chi connectivity index (χ0n) is 16.3. The predicted octanol–water partition coefficient (Wildman–Crippen LogP) is 4.13. The lowest BCUT2D eigenvalue weighted by atomic mass is 10.1. The van der Waals surface area contributed by atoms with E-state index in [-0.39, 0.29) is 18.2 Å². The predicted molar refractivity (Wildman–Crippen MR) is 113 cm³/mol. The van der Waals surface area contributed by atoms with Crippen LogP contribution in [0.4, 0.5) is 0 Å². The minimum Gasteiger partial charge on any atom is -0.482 e. The molecule has 0 amide bonds. The number of nitrogens with zero attached hydrogens (tertiary/aromatic N) is 1. The van der Waals surface area contributed by atoms with Crippen LogP contribution in [0.3, 0.4) is 0 Å². The number of esters is 2. The number of ether oxygens (including phenoxy) is 3. The molecular weight excluding hydrogens is 382 g/mol. The number of rotatable bonds is 6. The molecule has 0 unspecified atom stereocenters. The Morgan fingerprint density at radius 2 is 1.87 bits per heavy atom. The smallest absolute Gasteiger partial charge is 0.363 e. The molecule has 0 fully saturated rings. The Bertz CT molecular complexity index is 1180. The molecule has 0 aliphatic carbocycles. The summed E-state index contributed by atoms with van der Waals surface area (Å²) in [6.07, 6.45) is 1.62. The van der Waals surface area contributed by atoms with Crippen LogP contribution in [0.15, 0.2) is 77.4 Å². The van der Waals surface area contributed by atoms with Crippen molar-refractivity contribution in [3.05, 3.63) is 83.6 Å². The van der Waals surface area contributed by atoms with Crippen LogP contribution in [0.2, 0.25) is 0 Å². The first-order chi connectivity index (χ1) is 14.6. The van der Waals surface area contributed by atoms with Gasteiger partial charge in [-0.1, -0.05) is 42.5 Å². The van der Waals surface area contributed by atoms with E-state index in [0.29, 0.717) is 17.9 Å². The summed E-state index contributed by atoms with van der Waals surface area (Å²) in [5, 5.41) is 2.14. The first kappa shape index (κ1) is 19.4. The molecule has 0 N–H and O–H groups in total. The first-order valence-corrected chi connectivity index (χ1v) is 9.52. The van der Waals surface area contributed by atoms with Crippen molar-refractivity contribution in [1.82, 2.24) is 0 Å². The average Bonchev–Trinajstić information content (AvgIpc) is 3.12. The first-order valence-electron chi connectivity index (χ1n) is 9.52. The number of benzene rings is 3. The Morgan fingerprint density at radius 3 is 2.70 bits per heavy atom. The SMILES string of the molecule is CCOC(=O)COc1cccc(/C=C2\N=C(c3ccc4ccccc4c3)OC2=O)c1. The van der Waals surface area contributed by atoms with Crippen molar-refractivity contribution in [3.8, 4) is 5.75 Å². The maximum absolute atomic E-state index is 12.3. The highest BCUT2D eigenvalue weighted by atomic mass is 16.6. The highest BCUT2D eigenvalue weighted by Crippen LogP contribution is 2.23. The maximum Gasteiger partial charge on any atom is 0.363 e. The van der Waals surface area contributed by atoms with Gasteiger partial charge in [0, 0.05) is 5.56 Å². The summed E-state index contributed by atoms with van der Waals surface area (Å²) in [5.41, 5.74) is 1.63. The number of hydrogen-bond acceptors (Lipinski definition) is 6. The van der Waals surface area contributed by atoms with Gasteiger partial charge in [0.05, 0.1) is 6.61 Å². The van der Waals surface area contributed by atoms with Gasteiger partial charge in [-0.3, -0.25) is 0 Å². The van der Waals surface area contributed by atoms with Gasteiger partial charge >= 0.3 is 11.9 Å². The third-order valence-electron chi connectivity index (χ3n) is 4.44. The summed E-state index contributed by atoms with van der Waals surface area (Å²) in [6, 6.07) is 20.7. The maximum atomic E-state index is 12.3. The fraction of sp³-hybridized carbons (Fsp3) is 0.125. The molecule has 0 atom stereocenters. The van der Waals surface area contributed by atoms with Gasteiger partial charge in [0.15, 0.2) is 12.3 Å². The molecule has 4 rings (SSSR count). The number of carbonyl (C=O) groups is 2. The molecule has 6 nitrogen and oxygen atoms in total. The van der Waals surface area contributed by atoms with E-state index >= 15 is 0 Å². The summed E-state index contributed by atoms with van der Waals surface area (Å²) in [6.45, 7) is 1.85. The standard InChI is InChI=1S/C24H19NO5/c1-2-28-22(26)15-29-20-9-5-6-16(12-20)13-21-24(27)30-23(25-21)19-11-10-17-7-3-4-8-18(17)14-19/h3-14H,2,15H2,1H3/b21-13-. The number of aliphatic imine (C=N–C) groups is 1. The van der Waals surface area contributed by atoms with Crippen LogP contribution in [0.1, 0.15) is 18.1 Å². The number of hydrogen-bond donors (Lipinski definition) is 0. The third-order valence-corrected chi connectivity index (χ3v) is 4.44. The van der Waals surface area contributed by atoms with Gasteiger partial charge in [-0.25, -0.2) is 14.6 Å². The van der Waals surface area contributed by atoms with Crippen LogP contribution < -0.4 is 4.74 Å². The summed E-state index contributed by atoms with van der Waals surface area (Å²) in [7, 11) is 0. The monoisotopic (exact) mass is 401 g/mol. The van der Waals surface area contributed by atoms with E-state index in [0.717, 1.165) is 16.3 Å². The summed E-state index contributed by atoms with van der Waals surface area (Å²) in [4.78, 5) is 28.1. The van der Waals surface area contributed by atoms with Gasteiger partial charge in [-0.15, -0.1) is 0 Å². The Balaban J connectivity index is 1.54. The Morgan fingerprint density at radius 1 is 1.03 bits per heavy atom. The van der Waals surface area contributed by atoms with Crippen molar-refractivity contribution in [3.63, 3.8) is 0 Å². The second-order valence-electron chi connectivity index (χ2n) is 6.56. The van der Waals surface area contributed by atoms with Crippen molar-refractivity contribution < 1.29 is 23.8 Å². The molecule has 0 radical (unpaired) electrons. The normalized spacial score (nSPS) is 14.5. The molecule has 0 aromatic heterocycles. The molecule has 3 aromatic carbocycles. The van der Waals surface area contributed by atoms with Crippen LogP contribution >= 0.6 is 0 Å². The molecule has 0 bridgehead atoms. The highest BCUT2D eigenvalue weighted by molar-refractivity contribution is 6.13. The minimum absolute atomic E-state index is 0.180. The van der Waals surface area contributed by atoms with Crippen molar-refractivity contribution >= 4 is 34.7 Å². The van der Waals surface area contributed by atoms with Crippen LogP contribution in [0.25, 0.3) is 16.8 Å². The van der Waals surface area contributed by atoms with E-state index in [9.17, 15) is 9.59 Å². The van der Waals surface area contributed by atoms with Crippen LogP contribution in [0, 0.1) is 0 Å². The van der Waals surface area contributed by atoms with Gasteiger partial charge < -0.3 is 14.2 Å². The molecule has 6 heteroatoms. The van der Waals surface area contributed by atoms with E-state index in [1.807, 2.05) is 42.5 Å². The molecule has 1 aliphatic heterocycles. The summed E-state index contributed by atoms with van der Waals surface area (Å²) < 4.78 is 15.6. The summed E-state index contributed by atoms with van der Waals surface area (Å²) >= 11 is 0. The highest BCUT2D eigenvalue weighted by Gasteiger charge is 2.24. The van der Waals surface area contributed by atoms with E-state index < -0.39 is 11.9 Å². The zero-order chi connectivity index (χ0) is 20.9. The molecule has 0 saturated heterocycles. The van der Waals surface area contributed by atoms with Gasteiger partial charge in [0.1, 0.15) is 5.75 Å². The fourth-order valence-corrected chi connectivity index (χ4v) is 3.05. The number of cyclic esters (lactones) is 1. The molecule has 0 saturated carbocycles. The molecule has 1 aliphatic rings. The van der Waals surface area contributed by atoms with E-state index in [2.05, 4.69) is 4.99 Å². The number of carbonyl (C=O) groups excluding carboxylic acids is 2. The van der Waals surface area contributed by atoms with E-state index in [1.54, 1.807) is 37.3 Å². The van der Waals surface area contributed by atoms with Gasteiger partial charge in [-0.2, -0.15) is 0 Å². The Kier molecular flexibility index (Phi) is 5.57. The van der Waals surface area contributed by atoms with Crippen molar-refractivity contribution in [1.29, 1.82) is 0 Å². The van der Waals surface area contributed by atoms with Crippen molar-refractivity contribution in [2.45, 2.75) is 6.92 Å². The molecule has 30 heavy (non-hydrogen) atoms. The quantitative estimate of drug-likeness (QED) is 0.459. The summed E-state index contributed by atoms with van der Waals surface area (Å²) in [5.74, 6) is -0.199. The topological polar surface area (TPSA) is 74.2 Å². The molecule has 3 aromatic rings. The van der Waals surface area contributed by atoms with E-state index in [1.165, 1.54) is 0 Å². The molecule has 0 spiro atoms. The Hall–Kier alpha value is -3.93. The largest absolute Gasteiger partial charge is 0.482 e. The lowest BCUT2D eigenvalue weighted by molar-refractivity contribution is -0.145. The molecule has 150 valence electrons. The van der Waals surface area contributed by atoms with Crippen LogP contribution in [-0.4, -0.2) is 31.1 Å². The second-order valence-corrected chi connectivity index (χ2v) is 6.56. The minimum atomic E-state index is -0.518. The van der Waals surface area contributed by atoms with E-state index in [4.69, 9.17) is 14.2 Å². The van der Waals surface area contributed by atoms with Crippen molar-refractivity contribution in [2.75, 3.05) is 13.2 Å². The lowest BCUT2D eigenvalue weighted by Crippen LogP contribution is -2.14. The Labute approximate surface area is 173 Å². The third kappa shape index (κ3) is 4.38. The second kappa shape index (κ2) is 8.61. The lowest BCUT2D eigenvalue weighted by Gasteiger charge is -2.06. The number of fused-ring (bicyclic) bond motifs is 1. The zero-order valence-corrected chi connectivity index (χ0v) is 16.3. The van der Waals surface area contributed by atoms with Gasteiger partial charge in [0.25, 0.3) is 0 Å². The van der Waals surface area contributed by atoms with Crippen LogP contribution in [-0.2, 0) is 19.1 Å². The van der Waals surface area contributed by atoms with Crippen molar-refractivity contribution in [2.24, 2.45) is 4.99 Å². The van der Waals surface area contributed by atoms with Gasteiger partial charge in [-0.05, 0) is 53.6 Å². The fourth-order valence-electron chi connectivity index (χ4n) is 3.05. The van der Waals surface area contributed by atoms with Crippen LogP contribution in [0.5, 0.6) is 5.75 Å². The molecular formula is C24H19NO5. The van der Waals surface area contributed by atoms with Gasteiger partial charge in [0.2, 0.25) is 5.90 Å². The average molecular weight is 401 g/mol. The molecule has 1 heterocycles.